The number of hydrogen-bond donors (Lipinski definition) is 0. The van der Waals surface area contributed by atoms with Gasteiger partial charge in [0.05, 0.1) is 10.5 Å². The maximum Gasteiger partial charge on any atom is 0.338 e. The summed E-state index contributed by atoms with van der Waals surface area (Å²) >= 11 is 0. The Labute approximate surface area is 154 Å². The lowest BCUT2D eigenvalue weighted by Gasteiger charge is -2.33. The number of rotatable bonds is 7. The predicted molar refractivity (Wildman–Crippen MR) is 101 cm³/mol. The first-order valence-electron chi connectivity index (χ1n) is 8.81. The average molecular weight is 355 g/mol. The van der Waals surface area contributed by atoms with Gasteiger partial charge in [-0.1, -0.05) is 58.0 Å². The van der Waals surface area contributed by atoms with Crippen LogP contribution in [0.3, 0.4) is 0 Å². The number of benzene rings is 2. The Balaban J connectivity index is 2.26. The maximum atomic E-state index is 12.6. The van der Waals surface area contributed by atoms with E-state index in [1.165, 1.54) is 24.3 Å². The lowest BCUT2D eigenvalue weighted by atomic mass is 9.79. The summed E-state index contributed by atoms with van der Waals surface area (Å²) in [6.07, 6.45) is -0.292. The van der Waals surface area contributed by atoms with E-state index in [4.69, 9.17) is 4.74 Å². The van der Waals surface area contributed by atoms with Gasteiger partial charge in [-0.05, 0) is 29.5 Å². The van der Waals surface area contributed by atoms with Gasteiger partial charge in [0.1, 0.15) is 6.10 Å². The van der Waals surface area contributed by atoms with Gasteiger partial charge in [-0.3, -0.25) is 10.1 Å². The lowest BCUT2D eigenvalue weighted by Crippen LogP contribution is -2.33. The Morgan fingerprint density at radius 3 is 1.96 bits per heavy atom. The van der Waals surface area contributed by atoms with Crippen molar-refractivity contribution in [2.75, 3.05) is 0 Å². The number of nitro benzene ring substituents is 1. The molecule has 0 N–H and O–H groups in total. The molecule has 0 aliphatic rings. The number of nitro groups is 1. The van der Waals surface area contributed by atoms with E-state index in [-0.39, 0.29) is 29.5 Å². The van der Waals surface area contributed by atoms with Gasteiger partial charge in [-0.25, -0.2) is 4.79 Å². The topological polar surface area (TPSA) is 69.4 Å². The molecular formula is C21H25NO4. The Morgan fingerprint density at radius 1 is 0.923 bits per heavy atom. The molecule has 0 aliphatic heterocycles. The minimum Gasteiger partial charge on any atom is -0.458 e. The minimum atomic E-state index is -0.490. The number of esters is 1. The Morgan fingerprint density at radius 2 is 1.50 bits per heavy atom. The number of hydrogen-bond acceptors (Lipinski definition) is 4. The van der Waals surface area contributed by atoms with E-state index in [9.17, 15) is 14.9 Å². The highest BCUT2D eigenvalue weighted by Crippen LogP contribution is 2.34. The first-order valence-corrected chi connectivity index (χ1v) is 8.81. The zero-order valence-corrected chi connectivity index (χ0v) is 15.6. The van der Waals surface area contributed by atoms with Gasteiger partial charge in [-0.15, -0.1) is 0 Å². The molecule has 2 aromatic rings. The van der Waals surface area contributed by atoms with E-state index in [0.717, 1.165) is 5.56 Å². The maximum absolute atomic E-state index is 12.6. The number of nitrogens with zero attached hydrogens (tertiary/aromatic N) is 1. The summed E-state index contributed by atoms with van der Waals surface area (Å²) in [4.78, 5) is 22.9. The molecule has 0 fully saturated rings. The van der Waals surface area contributed by atoms with Crippen LogP contribution in [0.15, 0.2) is 54.6 Å². The van der Waals surface area contributed by atoms with Crippen LogP contribution < -0.4 is 0 Å². The van der Waals surface area contributed by atoms with E-state index in [2.05, 4.69) is 26.0 Å². The van der Waals surface area contributed by atoms with E-state index >= 15 is 0 Å². The summed E-state index contributed by atoms with van der Waals surface area (Å²) in [5, 5.41) is 10.8. The van der Waals surface area contributed by atoms with E-state index in [0.29, 0.717) is 5.56 Å². The van der Waals surface area contributed by atoms with Crippen molar-refractivity contribution in [1.29, 1.82) is 0 Å². The van der Waals surface area contributed by atoms with Crippen LogP contribution in [0.25, 0.3) is 0 Å². The van der Waals surface area contributed by atoms with Crippen molar-refractivity contribution in [3.8, 4) is 0 Å². The molecule has 2 aromatic carbocycles. The second-order valence-electron chi connectivity index (χ2n) is 7.10. The molecule has 5 nitrogen and oxygen atoms in total. The van der Waals surface area contributed by atoms with Crippen LogP contribution in [-0.2, 0) is 4.74 Å². The van der Waals surface area contributed by atoms with Crippen LogP contribution in [-0.4, -0.2) is 17.0 Å². The van der Waals surface area contributed by atoms with Gasteiger partial charge >= 0.3 is 5.97 Å². The lowest BCUT2D eigenvalue weighted by molar-refractivity contribution is -0.384. The zero-order valence-electron chi connectivity index (χ0n) is 15.6. The highest BCUT2D eigenvalue weighted by molar-refractivity contribution is 5.89. The summed E-state index contributed by atoms with van der Waals surface area (Å²) < 4.78 is 5.87. The van der Waals surface area contributed by atoms with E-state index < -0.39 is 10.9 Å². The van der Waals surface area contributed by atoms with Gasteiger partial charge < -0.3 is 4.74 Å². The van der Waals surface area contributed by atoms with E-state index in [1.54, 1.807) is 0 Å². The zero-order chi connectivity index (χ0) is 19.3. The quantitative estimate of drug-likeness (QED) is 0.388. The molecule has 138 valence electrons. The SMILES string of the molecule is CC(C)C(OC(=O)c1ccc([N+](=O)[O-])cc1)[C@H](c1ccccc1)C(C)C. The van der Waals surface area contributed by atoms with Crippen molar-refractivity contribution in [2.24, 2.45) is 11.8 Å². The number of carbonyl (C=O) groups excluding carboxylic acids is 1. The molecule has 0 aromatic heterocycles. The van der Waals surface area contributed by atoms with Crippen molar-refractivity contribution in [1.82, 2.24) is 0 Å². The molecule has 5 heteroatoms. The van der Waals surface area contributed by atoms with Crippen molar-refractivity contribution < 1.29 is 14.5 Å². The van der Waals surface area contributed by atoms with Gasteiger partial charge in [0.15, 0.2) is 0 Å². The van der Waals surface area contributed by atoms with Crippen LogP contribution in [0.2, 0.25) is 0 Å². The molecule has 0 amide bonds. The second-order valence-corrected chi connectivity index (χ2v) is 7.10. The molecule has 1 unspecified atom stereocenters. The molecule has 0 heterocycles. The molecule has 0 spiro atoms. The van der Waals surface area contributed by atoms with Crippen molar-refractivity contribution in [2.45, 2.75) is 39.7 Å². The standard InChI is InChI=1S/C21H25NO4/c1-14(2)19(16-8-6-5-7-9-16)20(15(3)4)26-21(23)17-10-12-18(13-11-17)22(24)25/h5-15,19-20H,1-4H3/t19-,20?/m0/s1. The van der Waals surface area contributed by atoms with Crippen LogP contribution >= 0.6 is 0 Å². The molecule has 2 atom stereocenters. The Hall–Kier alpha value is -2.69. The van der Waals surface area contributed by atoms with Crippen molar-refractivity contribution >= 4 is 11.7 Å². The monoisotopic (exact) mass is 355 g/mol. The molecule has 2 rings (SSSR count). The highest BCUT2D eigenvalue weighted by Gasteiger charge is 2.32. The van der Waals surface area contributed by atoms with Crippen LogP contribution in [0.5, 0.6) is 0 Å². The third-order valence-electron chi connectivity index (χ3n) is 4.47. The first kappa shape index (κ1) is 19.6. The van der Waals surface area contributed by atoms with E-state index in [1.807, 2.05) is 32.0 Å². The normalized spacial score (nSPS) is 13.5. The molecule has 0 aliphatic carbocycles. The summed E-state index contributed by atoms with van der Waals surface area (Å²) in [6, 6.07) is 15.6. The van der Waals surface area contributed by atoms with Gasteiger partial charge in [0.2, 0.25) is 0 Å². The molecule has 26 heavy (non-hydrogen) atoms. The first-order chi connectivity index (χ1) is 12.3. The smallest absolute Gasteiger partial charge is 0.338 e. The van der Waals surface area contributed by atoms with Crippen molar-refractivity contribution in [3.05, 3.63) is 75.8 Å². The fourth-order valence-electron chi connectivity index (χ4n) is 3.16. The highest BCUT2D eigenvalue weighted by atomic mass is 16.6. The van der Waals surface area contributed by atoms with Crippen LogP contribution in [0.1, 0.15) is 49.5 Å². The molecular weight excluding hydrogens is 330 g/mol. The van der Waals surface area contributed by atoms with Crippen LogP contribution in [0.4, 0.5) is 5.69 Å². The third kappa shape index (κ3) is 4.69. The molecule has 0 saturated heterocycles. The minimum absolute atomic E-state index is 0.0497. The van der Waals surface area contributed by atoms with Gasteiger partial charge in [-0.2, -0.15) is 0 Å². The van der Waals surface area contributed by atoms with Gasteiger partial charge in [0.25, 0.3) is 5.69 Å². The third-order valence-corrected chi connectivity index (χ3v) is 4.47. The molecule has 0 saturated carbocycles. The molecule has 0 radical (unpaired) electrons. The number of ether oxygens (including phenoxy) is 1. The Kier molecular flexibility index (Phi) is 6.50. The van der Waals surface area contributed by atoms with Crippen molar-refractivity contribution in [3.63, 3.8) is 0 Å². The fourth-order valence-corrected chi connectivity index (χ4v) is 3.16. The number of carbonyl (C=O) groups is 1. The summed E-state index contributed by atoms with van der Waals surface area (Å²) in [5.74, 6) is 0.0254. The Bertz CT molecular complexity index is 738. The fraction of sp³-hybridized carbons (Fsp3) is 0.381. The average Bonchev–Trinajstić information content (AvgIpc) is 2.61. The summed E-state index contributed by atoms with van der Waals surface area (Å²) in [6.45, 7) is 8.30. The predicted octanol–water partition coefficient (Wildman–Crippen LogP) is 5.22. The summed E-state index contributed by atoms with van der Waals surface area (Å²) in [5.41, 5.74) is 1.40. The van der Waals surface area contributed by atoms with Crippen LogP contribution in [0, 0.1) is 22.0 Å². The van der Waals surface area contributed by atoms with Gasteiger partial charge in [0, 0.05) is 18.1 Å². The summed E-state index contributed by atoms with van der Waals surface area (Å²) in [7, 11) is 0. The second kappa shape index (κ2) is 8.61. The molecule has 0 bridgehead atoms. The number of non-ortho nitro benzene ring substituents is 1. The largest absolute Gasteiger partial charge is 0.458 e.